The molecule has 1 aromatic carbocycles. The summed E-state index contributed by atoms with van der Waals surface area (Å²) in [6.45, 7) is 0. The number of hydrogen-bond donors (Lipinski definition) is 1. The van der Waals surface area contributed by atoms with Gasteiger partial charge in [0.2, 0.25) is 0 Å². The molecule has 10 nitrogen and oxygen atoms in total. The number of aromatic nitrogens is 6. The fourth-order valence-electron chi connectivity index (χ4n) is 3.15. The van der Waals surface area contributed by atoms with Gasteiger partial charge in [-0.1, -0.05) is 0 Å². The third-order valence-corrected chi connectivity index (χ3v) is 4.76. The van der Waals surface area contributed by atoms with E-state index in [4.69, 9.17) is 9.47 Å². The standard InChI is InChI=1S/C21H21N7O3/c1-27-7-6-23-20(27)19(15-8-16(30-2)10-17(9-15)31-3)26-21(29)14-4-5-18(24-11-14)28-13-22-12-25-28/h4-13,19H,1-3H3,(H,26,29)/t19-/m1/s1. The summed E-state index contributed by atoms with van der Waals surface area (Å²) in [7, 11) is 5.03. The second-order valence-electron chi connectivity index (χ2n) is 6.69. The van der Waals surface area contributed by atoms with E-state index >= 15 is 0 Å². The summed E-state index contributed by atoms with van der Waals surface area (Å²) in [5.41, 5.74) is 1.17. The van der Waals surface area contributed by atoms with Crippen LogP contribution in [-0.2, 0) is 7.05 Å². The van der Waals surface area contributed by atoms with Gasteiger partial charge in [-0.2, -0.15) is 5.10 Å². The molecule has 3 aromatic heterocycles. The van der Waals surface area contributed by atoms with Gasteiger partial charge in [-0.3, -0.25) is 4.79 Å². The Hall–Kier alpha value is -4.21. The highest BCUT2D eigenvalue weighted by Crippen LogP contribution is 2.29. The van der Waals surface area contributed by atoms with Gasteiger partial charge in [-0.05, 0) is 29.8 Å². The first kappa shape index (κ1) is 20.1. The predicted octanol–water partition coefficient (Wildman–Crippen LogP) is 1.93. The van der Waals surface area contributed by atoms with Crippen LogP contribution in [0.15, 0.2) is 61.6 Å². The number of pyridine rings is 1. The molecule has 0 aliphatic heterocycles. The minimum Gasteiger partial charge on any atom is -0.497 e. The summed E-state index contributed by atoms with van der Waals surface area (Å²) in [5.74, 6) is 2.15. The monoisotopic (exact) mass is 419 g/mol. The van der Waals surface area contributed by atoms with Crippen molar-refractivity contribution in [2.45, 2.75) is 6.04 Å². The first-order valence-corrected chi connectivity index (χ1v) is 9.41. The summed E-state index contributed by atoms with van der Waals surface area (Å²) in [5, 5.41) is 7.07. The second-order valence-corrected chi connectivity index (χ2v) is 6.69. The maximum Gasteiger partial charge on any atom is 0.253 e. The molecule has 0 saturated heterocycles. The molecular weight excluding hydrogens is 398 g/mol. The molecule has 3 heterocycles. The molecule has 1 N–H and O–H groups in total. The van der Waals surface area contributed by atoms with Crippen LogP contribution in [0.25, 0.3) is 5.82 Å². The van der Waals surface area contributed by atoms with Crippen LogP contribution in [-0.4, -0.2) is 49.4 Å². The normalized spacial score (nSPS) is 11.7. The molecule has 0 saturated carbocycles. The number of rotatable bonds is 7. The molecule has 0 fully saturated rings. The zero-order valence-electron chi connectivity index (χ0n) is 17.3. The molecule has 1 amide bonds. The average molecular weight is 419 g/mol. The number of amides is 1. The summed E-state index contributed by atoms with van der Waals surface area (Å²) in [6.07, 6.45) is 7.95. The molecule has 0 spiro atoms. The van der Waals surface area contributed by atoms with Gasteiger partial charge in [0.1, 0.15) is 36.0 Å². The van der Waals surface area contributed by atoms with Crippen LogP contribution in [0, 0.1) is 0 Å². The fourth-order valence-corrected chi connectivity index (χ4v) is 3.15. The topological polar surface area (TPSA) is 109 Å². The number of methoxy groups -OCH3 is 2. The third-order valence-electron chi connectivity index (χ3n) is 4.76. The SMILES string of the molecule is COc1cc(OC)cc([C@@H](NC(=O)c2ccc(-n3cncn3)nc2)c2nccn2C)c1. The van der Waals surface area contributed by atoms with Crippen molar-refractivity contribution in [3.8, 4) is 17.3 Å². The molecular formula is C21H21N7O3. The Morgan fingerprint density at radius 2 is 1.87 bits per heavy atom. The number of carbonyl (C=O) groups excluding carboxylic acids is 1. The van der Waals surface area contributed by atoms with Gasteiger partial charge in [0.15, 0.2) is 5.82 Å². The highest BCUT2D eigenvalue weighted by molar-refractivity contribution is 5.94. The van der Waals surface area contributed by atoms with Crippen molar-refractivity contribution in [2.24, 2.45) is 7.05 Å². The molecule has 4 aromatic rings. The number of nitrogens with one attached hydrogen (secondary N) is 1. The smallest absolute Gasteiger partial charge is 0.253 e. The molecule has 158 valence electrons. The lowest BCUT2D eigenvalue weighted by molar-refractivity contribution is 0.0940. The molecule has 0 aliphatic carbocycles. The van der Waals surface area contributed by atoms with E-state index in [1.165, 1.54) is 23.5 Å². The Kier molecular flexibility index (Phi) is 5.61. The van der Waals surface area contributed by atoms with E-state index in [1.54, 1.807) is 38.6 Å². The van der Waals surface area contributed by atoms with Crippen LogP contribution in [0.2, 0.25) is 0 Å². The molecule has 4 rings (SSSR count). The van der Waals surface area contributed by atoms with E-state index < -0.39 is 6.04 Å². The van der Waals surface area contributed by atoms with Crippen LogP contribution in [0.4, 0.5) is 0 Å². The highest BCUT2D eigenvalue weighted by atomic mass is 16.5. The Labute approximate surface area is 178 Å². The van der Waals surface area contributed by atoms with E-state index in [9.17, 15) is 4.79 Å². The van der Waals surface area contributed by atoms with E-state index in [0.717, 1.165) is 5.56 Å². The lowest BCUT2D eigenvalue weighted by atomic mass is 10.0. The minimum atomic E-state index is -0.536. The lowest BCUT2D eigenvalue weighted by Crippen LogP contribution is -2.31. The maximum atomic E-state index is 13.1. The second kappa shape index (κ2) is 8.66. The minimum absolute atomic E-state index is 0.299. The molecule has 0 aliphatic rings. The molecule has 10 heteroatoms. The first-order valence-electron chi connectivity index (χ1n) is 9.41. The van der Waals surface area contributed by atoms with Gasteiger partial charge in [0, 0.05) is 31.7 Å². The highest BCUT2D eigenvalue weighted by Gasteiger charge is 2.23. The van der Waals surface area contributed by atoms with Gasteiger partial charge in [-0.25, -0.2) is 19.6 Å². The van der Waals surface area contributed by atoms with E-state index in [-0.39, 0.29) is 5.91 Å². The van der Waals surface area contributed by atoms with E-state index in [0.29, 0.717) is 28.7 Å². The van der Waals surface area contributed by atoms with Gasteiger partial charge >= 0.3 is 0 Å². The number of nitrogens with zero attached hydrogens (tertiary/aromatic N) is 6. The van der Waals surface area contributed by atoms with Gasteiger partial charge in [0.05, 0.1) is 19.8 Å². The average Bonchev–Trinajstić information content (AvgIpc) is 3.49. The van der Waals surface area contributed by atoms with Gasteiger partial charge in [-0.15, -0.1) is 0 Å². The number of hydrogen-bond acceptors (Lipinski definition) is 7. The van der Waals surface area contributed by atoms with Crippen LogP contribution < -0.4 is 14.8 Å². The van der Waals surface area contributed by atoms with Crippen molar-refractivity contribution in [3.63, 3.8) is 0 Å². The molecule has 1 atom stereocenters. The quantitative estimate of drug-likeness (QED) is 0.487. The lowest BCUT2D eigenvalue weighted by Gasteiger charge is -2.20. The van der Waals surface area contributed by atoms with Crippen molar-refractivity contribution < 1.29 is 14.3 Å². The van der Waals surface area contributed by atoms with Crippen molar-refractivity contribution in [1.82, 2.24) is 34.6 Å². The van der Waals surface area contributed by atoms with Crippen LogP contribution >= 0.6 is 0 Å². The third kappa shape index (κ3) is 4.22. The zero-order chi connectivity index (χ0) is 21.8. The van der Waals surface area contributed by atoms with E-state index in [1.807, 2.05) is 29.9 Å². The summed E-state index contributed by atoms with van der Waals surface area (Å²) in [6, 6.07) is 8.30. The molecule has 31 heavy (non-hydrogen) atoms. The summed E-state index contributed by atoms with van der Waals surface area (Å²) in [4.78, 5) is 25.7. The van der Waals surface area contributed by atoms with Crippen LogP contribution in [0.5, 0.6) is 11.5 Å². The van der Waals surface area contributed by atoms with Crippen molar-refractivity contribution in [3.05, 3.63) is 78.5 Å². The number of benzene rings is 1. The van der Waals surface area contributed by atoms with Crippen molar-refractivity contribution in [2.75, 3.05) is 14.2 Å². The Balaban J connectivity index is 1.66. The van der Waals surface area contributed by atoms with Crippen LogP contribution in [0.1, 0.15) is 27.8 Å². The van der Waals surface area contributed by atoms with Gasteiger partial charge < -0.3 is 19.4 Å². The van der Waals surface area contributed by atoms with E-state index in [2.05, 4.69) is 25.4 Å². The van der Waals surface area contributed by atoms with Crippen molar-refractivity contribution >= 4 is 5.91 Å². The summed E-state index contributed by atoms with van der Waals surface area (Å²) < 4.78 is 14.1. The van der Waals surface area contributed by atoms with Crippen molar-refractivity contribution in [1.29, 1.82) is 0 Å². The number of imidazole rings is 1. The number of aryl methyl sites for hydroxylation is 1. The Morgan fingerprint density at radius 3 is 2.42 bits per heavy atom. The zero-order valence-corrected chi connectivity index (χ0v) is 17.3. The number of ether oxygens (including phenoxy) is 2. The molecule has 0 unspecified atom stereocenters. The maximum absolute atomic E-state index is 13.1. The largest absolute Gasteiger partial charge is 0.497 e. The van der Waals surface area contributed by atoms with Crippen LogP contribution in [0.3, 0.4) is 0 Å². The van der Waals surface area contributed by atoms with Gasteiger partial charge in [0.25, 0.3) is 5.91 Å². The summed E-state index contributed by atoms with van der Waals surface area (Å²) >= 11 is 0. The first-order chi connectivity index (χ1) is 15.1. The predicted molar refractivity (Wildman–Crippen MR) is 111 cm³/mol. The number of carbonyl (C=O) groups is 1. The Morgan fingerprint density at radius 1 is 1.10 bits per heavy atom. The molecule has 0 radical (unpaired) electrons. The Bertz CT molecular complexity index is 1150. The molecule has 0 bridgehead atoms. The fraction of sp³-hybridized carbons (Fsp3) is 0.190.